The highest BCUT2D eigenvalue weighted by Gasteiger charge is 2.26. The highest BCUT2D eigenvalue weighted by molar-refractivity contribution is 7.21. The molecule has 0 saturated carbocycles. The highest BCUT2D eigenvalue weighted by atomic mass is 32.1. The zero-order valence-corrected chi connectivity index (χ0v) is 19.3. The fourth-order valence-electron chi connectivity index (χ4n) is 4.26. The lowest BCUT2D eigenvalue weighted by molar-refractivity contribution is 0.0378. The van der Waals surface area contributed by atoms with Gasteiger partial charge in [0.1, 0.15) is 38.5 Å². The molecule has 0 unspecified atom stereocenters. The average Bonchev–Trinajstić information content (AvgIpc) is 3.42. The van der Waals surface area contributed by atoms with E-state index >= 15 is 0 Å². The number of hydrogen-bond acceptors (Lipinski definition) is 9. The lowest BCUT2D eigenvalue weighted by Gasteiger charge is -2.26. The summed E-state index contributed by atoms with van der Waals surface area (Å²) in [5, 5.41) is 14.9. The quantitative estimate of drug-likeness (QED) is 0.344. The van der Waals surface area contributed by atoms with Gasteiger partial charge in [-0.1, -0.05) is 18.2 Å². The third-order valence-electron chi connectivity index (χ3n) is 5.93. The molecule has 0 spiro atoms. The van der Waals surface area contributed by atoms with Crippen molar-refractivity contribution in [2.45, 2.75) is 6.42 Å². The molecule has 4 aromatic rings. The highest BCUT2D eigenvalue weighted by Crippen LogP contribution is 2.44. The van der Waals surface area contributed by atoms with E-state index in [1.807, 2.05) is 30.3 Å². The summed E-state index contributed by atoms with van der Waals surface area (Å²) < 4.78 is 11.5. The van der Waals surface area contributed by atoms with Crippen LogP contribution in [0.1, 0.15) is 21.7 Å². The van der Waals surface area contributed by atoms with E-state index < -0.39 is 5.91 Å². The first-order valence-electron chi connectivity index (χ1n) is 11.1. The molecule has 5 N–H and O–H groups in total. The molecule has 0 atom stereocenters. The third kappa shape index (κ3) is 4.05. The molecule has 174 valence electrons. The summed E-state index contributed by atoms with van der Waals surface area (Å²) in [5.74, 6) is 0.293. The molecule has 0 aliphatic carbocycles. The number of nitrogens with zero attached hydrogens (tertiary/aromatic N) is 3. The van der Waals surface area contributed by atoms with Crippen LogP contribution in [-0.2, 0) is 4.74 Å². The van der Waals surface area contributed by atoms with E-state index in [-0.39, 0.29) is 10.6 Å². The molecule has 3 aromatic heterocycles. The van der Waals surface area contributed by atoms with Gasteiger partial charge in [-0.15, -0.1) is 11.3 Å². The maximum Gasteiger partial charge on any atom is 0.260 e. The maximum atomic E-state index is 12.0. The molecule has 1 aromatic carbocycles. The number of amides is 1. The van der Waals surface area contributed by atoms with Crippen molar-refractivity contribution in [2.75, 3.05) is 50.4 Å². The summed E-state index contributed by atoms with van der Waals surface area (Å²) in [6, 6.07) is 11.7. The van der Waals surface area contributed by atoms with Gasteiger partial charge in [-0.2, -0.15) is 5.26 Å². The number of carbonyl (C=O) groups excluding carboxylic acids is 1. The number of nitriles is 1. The van der Waals surface area contributed by atoms with Crippen LogP contribution in [0.2, 0.25) is 0 Å². The smallest absolute Gasteiger partial charge is 0.260 e. The number of carbonyl (C=O) groups is 1. The number of fused-ring (bicyclic) bond motifs is 2. The Hall–Kier alpha value is -3.65. The molecule has 0 radical (unpaired) electrons. The molecule has 1 fully saturated rings. The van der Waals surface area contributed by atoms with Crippen LogP contribution in [0, 0.1) is 11.3 Å². The standard InChI is InChI=1S/C24H24N6O3S/c25-13-15-18(17-12-14-4-1-2-5-16(14)33-17)19-20(26)21(22(27)31)34-24(19)29-23(15)28-6-3-7-30-8-10-32-11-9-30/h1-2,4-5,12H,3,6-11,26H2,(H2,27,31)(H,28,29). The number of anilines is 2. The second kappa shape index (κ2) is 9.30. The monoisotopic (exact) mass is 476 g/mol. The van der Waals surface area contributed by atoms with E-state index in [0.717, 1.165) is 56.0 Å². The Morgan fingerprint density at radius 2 is 2.09 bits per heavy atom. The van der Waals surface area contributed by atoms with E-state index in [1.54, 1.807) is 0 Å². The summed E-state index contributed by atoms with van der Waals surface area (Å²) in [7, 11) is 0. The van der Waals surface area contributed by atoms with E-state index in [0.29, 0.717) is 45.0 Å². The van der Waals surface area contributed by atoms with Gasteiger partial charge in [-0.05, 0) is 25.1 Å². The number of ether oxygens (including phenoxy) is 1. The number of thiophene rings is 1. The Morgan fingerprint density at radius 3 is 2.82 bits per heavy atom. The second-order valence-electron chi connectivity index (χ2n) is 8.09. The van der Waals surface area contributed by atoms with Gasteiger partial charge in [-0.3, -0.25) is 9.69 Å². The number of pyridine rings is 1. The number of benzene rings is 1. The van der Waals surface area contributed by atoms with Crippen LogP contribution in [0.5, 0.6) is 0 Å². The number of aromatic nitrogens is 1. The van der Waals surface area contributed by atoms with Crippen molar-refractivity contribution in [1.82, 2.24) is 9.88 Å². The SMILES string of the molecule is N#Cc1c(NCCCN2CCOCC2)nc2sc(C(N)=O)c(N)c2c1-c1cc2ccccc2o1. The van der Waals surface area contributed by atoms with E-state index in [2.05, 4.69) is 21.3 Å². The van der Waals surface area contributed by atoms with Gasteiger partial charge in [0.2, 0.25) is 0 Å². The fourth-order valence-corrected chi connectivity index (χ4v) is 5.22. The van der Waals surface area contributed by atoms with Crippen LogP contribution in [0.4, 0.5) is 11.5 Å². The molecule has 1 amide bonds. The summed E-state index contributed by atoms with van der Waals surface area (Å²) in [6.45, 7) is 4.92. The van der Waals surface area contributed by atoms with Crippen molar-refractivity contribution in [3.05, 3.63) is 40.8 Å². The number of hydrogen-bond donors (Lipinski definition) is 3. The first kappa shape index (κ1) is 22.2. The summed E-state index contributed by atoms with van der Waals surface area (Å²) in [6.07, 6.45) is 0.879. The van der Waals surface area contributed by atoms with Gasteiger partial charge in [0.15, 0.2) is 0 Å². The number of furan rings is 1. The molecule has 9 nitrogen and oxygen atoms in total. The number of nitrogen functional groups attached to an aromatic ring is 1. The zero-order chi connectivity index (χ0) is 23.7. The van der Waals surface area contributed by atoms with Gasteiger partial charge < -0.3 is 25.9 Å². The molecular weight excluding hydrogens is 452 g/mol. The van der Waals surface area contributed by atoms with Crippen molar-refractivity contribution < 1.29 is 13.9 Å². The van der Waals surface area contributed by atoms with Crippen LogP contribution in [0.25, 0.3) is 32.5 Å². The minimum atomic E-state index is -0.630. The second-order valence-corrected chi connectivity index (χ2v) is 9.09. The maximum absolute atomic E-state index is 12.0. The van der Waals surface area contributed by atoms with Gasteiger partial charge in [0.05, 0.1) is 24.5 Å². The van der Waals surface area contributed by atoms with Crippen molar-refractivity contribution in [1.29, 1.82) is 5.26 Å². The minimum Gasteiger partial charge on any atom is -0.456 e. The number of nitrogens with one attached hydrogen (secondary N) is 1. The molecule has 10 heteroatoms. The van der Waals surface area contributed by atoms with Gasteiger partial charge in [0, 0.05) is 30.4 Å². The number of primary amides is 1. The third-order valence-corrected chi connectivity index (χ3v) is 7.05. The first-order chi connectivity index (χ1) is 16.6. The Balaban J connectivity index is 1.56. The van der Waals surface area contributed by atoms with Crippen molar-refractivity contribution in [3.8, 4) is 17.4 Å². The van der Waals surface area contributed by atoms with Crippen LogP contribution in [-0.4, -0.2) is 55.2 Å². The molecule has 1 aliphatic rings. The topological polar surface area (TPSA) is 143 Å². The Bertz CT molecular complexity index is 1380. The Labute approximate surface area is 199 Å². The number of nitrogens with two attached hydrogens (primary N) is 2. The van der Waals surface area contributed by atoms with Crippen LogP contribution in [0.3, 0.4) is 0 Å². The Morgan fingerprint density at radius 1 is 1.29 bits per heavy atom. The van der Waals surface area contributed by atoms with E-state index in [9.17, 15) is 10.1 Å². The lowest BCUT2D eigenvalue weighted by Crippen LogP contribution is -2.37. The van der Waals surface area contributed by atoms with Crippen molar-refractivity contribution in [2.24, 2.45) is 5.73 Å². The normalized spacial score (nSPS) is 14.4. The van der Waals surface area contributed by atoms with E-state index in [1.165, 1.54) is 0 Å². The van der Waals surface area contributed by atoms with Crippen LogP contribution in [0.15, 0.2) is 34.7 Å². The Kier molecular flexibility index (Phi) is 6.06. The molecule has 4 heterocycles. The fraction of sp³-hybridized carbons (Fsp3) is 0.292. The van der Waals surface area contributed by atoms with Gasteiger partial charge in [-0.25, -0.2) is 4.98 Å². The molecule has 34 heavy (non-hydrogen) atoms. The largest absolute Gasteiger partial charge is 0.456 e. The summed E-state index contributed by atoms with van der Waals surface area (Å²) in [4.78, 5) is 19.7. The number of rotatable bonds is 7. The number of morpholine rings is 1. The molecule has 0 bridgehead atoms. The lowest BCUT2D eigenvalue weighted by atomic mass is 10.0. The summed E-state index contributed by atoms with van der Waals surface area (Å²) >= 11 is 1.12. The van der Waals surface area contributed by atoms with Crippen molar-refractivity contribution in [3.63, 3.8) is 0 Å². The number of para-hydroxylation sites is 1. The molecule has 5 rings (SSSR count). The minimum absolute atomic E-state index is 0.214. The molecular formula is C24H24N6O3S. The predicted octanol–water partition coefficient (Wildman–Crippen LogP) is 3.40. The molecule has 1 aliphatic heterocycles. The van der Waals surface area contributed by atoms with Crippen LogP contribution >= 0.6 is 11.3 Å². The van der Waals surface area contributed by atoms with Crippen LogP contribution < -0.4 is 16.8 Å². The average molecular weight is 477 g/mol. The predicted molar refractivity (Wildman–Crippen MR) is 133 cm³/mol. The summed E-state index contributed by atoms with van der Waals surface area (Å²) in [5.41, 5.74) is 13.6. The zero-order valence-electron chi connectivity index (χ0n) is 18.5. The van der Waals surface area contributed by atoms with Gasteiger partial charge in [0.25, 0.3) is 5.91 Å². The molecule has 1 saturated heterocycles. The van der Waals surface area contributed by atoms with Gasteiger partial charge >= 0.3 is 0 Å². The van der Waals surface area contributed by atoms with E-state index in [4.69, 9.17) is 20.6 Å². The first-order valence-corrected chi connectivity index (χ1v) is 11.9. The van der Waals surface area contributed by atoms with Crippen molar-refractivity contribution >= 4 is 49.9 Å².